The third kappa shape index (κ3) is 4.98. The molecule has 1 fully saturated rings. The number of nitrogens with zero attached hydrogens (tertiary/aromatic N) is 4. The molecular weight excluding hydrogens is 474 g/mol. The lowest BCUT2D eigenvalue weighted by atomic mass is 10.0. The summed E-state index contributed by atoms with van der Waals surface area (Å²) in [7, 11) is -3.68. The van der Waals surface area contributed by atoms with Crippen molar-refractivity contribution < 1.29 is 13.2 Å². The Morgan fingerprint density at radius 2 is 1.89 bits per heavy atom. The highest BCUT2D eigenvalue weighted by molar-refractivity contribution is 7.89. The molecule has 0 saturated carbocycles. The van der Waals surface area contributed by atoms with Crippen molar-refractivity contribution in [3.05, 3.63) is 84.4 Å². The number of sulfonamides is 1. The number of piperidine rings is 1. The van der Waals surface area contributed by atoms with E-state index in [1.54, 1.807) is 48.9 Å². The number of carbonyl (C=O) groups is 1. The van der Waals surface area contributed by atoms with E-state index in [2.05, 4.69) is 22.2 Å². The fourth-order valence-electron chi connectivity index (χ4n) is 4.36. The van der Waals surface area contributed by atoms with E-state index in [0.717, 1.165) is 24.1 Å². The first-order valence-corrected chi connectivity index (χ1v) is 13.4. The molecule has 1 N–H and O–H groups in total. The number of pyridine rings is 3. The van der Waals surface area contributed by atoms with Crippen molar-refractivity contribution in [2.75, 3.05) is 13.1 Å². The van der Waals surface area contributed by atoms with Crippen LogP contribution >= 0.6 is 0 Å². The Hall–Kier alpha value is -3.69. The van der Waals surface area contributed by atoms with Crippen molar-refractivity contribution in [3.8, 4) is 11.3 Å². The van der Waals surface area contributed by atoms with E-state index in [0.29, 0.717) is 41.2 Å². The molecule has 3 aromatic heterocycles. The second-order valence-corrected chi connectivity index (χ2v) is 11.0. The van der Waals surface area contributed by atoms with Gasteiger partial charge in [0.15, 0.2) is 0 Å². The van der Waals surface area contributed by atoms with E-state index >= 15 is 0 Å². The van der Waals surface area contributed by atoms with E-state index in [4.69, 9.17) is 4.98 Å². The van der Waals surface area contributed by atoms with Crippen LogP contribution in [0, 0.1) is 5.92 Å². The number of amides is 1. The molecule has 1 aliphatic heterocycles. The summed E-state index contributed by atoms with van der Waals surface area (Å²) in [5, 5.41) is 3.39. The zero-order valence-corrected chi connectivity index (χ0v) is 20.8. The second-order valence-electron chi connectivity index (χ2n) is 9.07. The van der Waals surface area contributed by atoms with Gasteiger partial charge >= 0.3 is 0 Å². The summed E-state index contributed by atoms with van der Waals surface area (Å²) in [6, 6.07) is 15.7. The maximum Gasteiger partial charge on any atom is 0.252 e. The number of carbonyl (C=O) groups excluding carboxylic acids is 1. The fourth-order valence-corrected chi connectivity index (χ4v) is 5.85. The van der Waals surface area contributed by atoms with Crippen LogP contribution in [0.5, 0.6) is 0 Å². The van der Waals surface area contributed by atoms with Crippen molar-refractivity contribution in [1.82, 2.24) is 24.6 Å². The first kappa shape index (κ1) is 24.0. The molecule has 1 aliphatic rings. The first-order chi connectivity index (χ1) is 17.4. The Labute approximate surface area is 210 Å². The Balaban J connectivity index is 1.56. The summed E-state index contributed by atoms with van der Waals surface area (Å²) < 4.78 is 28.3. The number of nitrogens with one attached hydrogen (secondary N) is 1. The van der Waals surface area contributed by atoms with E-state index in [1.807, 2.05) is 24.3 Å². The highest BCUT2D eigenvalue weighted by atomic mass is 32.2. The normalized spacial score (nSPS) is 15.1. The van der Waals surface area contributed by atoms with Crippen molar-refractivity contribution in [1.29, 1.82) is 0 Å². The Morgan fingerprint density at radius 3 is 2.61 bits per heavy atom. The highest BCUT2D eigenvalue weighted by Crippen LogP contribution is 2.29. The van der Waals surface area contributed by atoms with Gasteiger partial charge in [-0.2, -0.15) is 4.31 Å². The van der Waals surface area contributed by atoms with E-state index in [-0.39, 0.29) is 17.3 Å². The van der Waals surface area contributed by atoms with Crippen molar-refractivity contribution >= 4 is 26.8 Å². The predicted octanol–water partition coefficient (Wildman–Crippen LogP) is 4.04. The van der Waals surface area contributed by atoms with Crippen LogP contribution in [0.25, 0.3) is 22.2 Å². The molecule has 4 aromatic rings. The molecule has 0 bridgehead atoms. The standard InChI is InChI=1S/C27H27N5O3S/c1-19-9-13-32(14-10-19)36(34,35)22-7-8-25-23(15-22)24(16-26(31-25)20-5-4-11-28-17-20)27(33)30-18-21-6-2-3-12-29-21/h2-8,11-12,15-17,19H,9-10,13-14,18H2,1H3,(H,30,33). The number of benzene rings is 1. The molecule has 36 heavy (non-hydrogen) atoms. The lowest BCUT2D eigenvalue weighted by Crippen LogP contribution is -2.37. The molecule has 1 aromatic carbocycles. The summed E-state index contributed by atoms with van der Waals surface area (Å²) >= 11 is 0. The van der Waals surface area contributed by atoms with Gasteiger partial charge in [-0.05, 0) is 67.3 Å². The van der Waals surface area contributed by atoms with Crippen LogP contribution < -0.4 is 5.32 Å². The van der Waals surface area contributed by atoms with Gasteiger partial charge in [-0.3, -0.25) is 14.8 Å². The van der Waals surface area contributed by atoms with Crippen LogP contribution in [-0.4, -0.2) is 46.7 Å². The summed E-state index contributed by atoms with van der Waals surface area (Å²) in [4.78, 5) is 26.7. The summed E-state index contributed by atoms with van der Waals surface area (Å²) in [5.41, 5.74) is 2.94. The van der Waals surface area contributed by atoms with Gasteiger partial charge in [-0.25, -0.2) is 13.4 Å². The Bertz CT molecular complexity index is 1490. The summed E-state index contributed by atoms with van der Waals surface area (Å²) in [5.74, 6) is 0.178. The Morgan fingerprint density at radius 1 is 1.06 bits per heavy atom. The predicted molar refractivity (Wildman–Crippen MR) is 138 cm³/mol. The molecule has 0 spiro atoms. The lowest BCUT2D eigenvalue weighted by Gasteiger charge is -2.29. The highest BCUT2D eigenvalue weighted by Gasteiger charge is 2.29. The van der Waals surface area contributed by atoms with E-state index < -0.39 is 10.0 Å². The summed E-state index contributed by atoms with van der Waals surface area (Å²) in [6.07, 6.45) is 6.69. The van der Waals surface area contributed by atoms with Crippen molar-refractivity contribution in [3.63, 3.8) is 0 Å². The molecule has 9 heteroatoms. The largest absolute Gasteiger partial charge is 0.346 e. The second kappa shape index (κ2) is 10.1. The zero-order valence-electron chi connectivity index (χ0n) is 20.0. The van der Waals surface area contributed by atoms with E-state index in [9.17, 15) is 13.2 Å². The van der Waals surface area contributed by atoms with Gasteiger partial charge < -0.3 is 5.32 Å². The minimum absolute atomic E-state index is 0.166. The SMILES string of the molecule is CC1CCN(S(=O)(=O)c2ccc3nc(-c4cccnc4)cc(C(=O)NCc4ccccn4)c3c2)CC1. The molecule has 8 nitrogen and oxygen atoms in total. The zero-order chi connectivity index (χ0) is 25.1. The molecule has 184 valence electrons. The van der Waals surface area contributed by atoms with E-state index in [1.165, 1.54) is 4.31 Å². The molecular formula is C27H27N5O3S. The summed E-state index contributed by atoms with van der Waals surface area (Å²) in [6.45, 7) is 3.38. The maximum atomic E-state index is 13.4. The average Bonchev–Trinajstić information content (AvgIpc) is 2.92. The average molecular weight is 502 g/mol. The Kier molecular flexibility index (Phi) is 6.75. The maximum absolute atomic E-state index is 13.4. The topological polar surface area (TPSA) is 105 Å². The smallest absolute Gasteiger partial charge is 0.252 e. The number of fused-ring (bicyclic) bond motifs is 1. The van der Waals surface area contributed by atoms with Gasteiger partial charge in [0.1, 0.15) is 0 Å². The molecule has 1 amide bonds. The number of hydrogen-bond acceptors (Lipinski definition) is 6. The van der Waals surface area contributed by atoms with Crippen LogP contribution in [0.4, 0.5) is 0 Å². The molecule has 4 heterocycles. The molecule has 0 atom stereocenters. The van der Waals surface area contributed by atoms with Crippen LogP contribution in [-0.2, 0) is 16.6 Å². The van der Waals surface area contributed by atoms with Crippen molar-refractivity contribution in [2.24, 2.45) is 5.92 Å². The van der Waals surface area contributed by atoms with Crippen LogP contribution in [0.15, 0.2) is 78.1 Å². The quantitative estimate of drug-likeness (QED) is 0.428. The van der Waals surface area contributed by atoms with Crippen LogP contribution in [0.1, 0.15) is 35.8 Å². The molecule has 5 rings (SSSR count). The lowest BCUT2D eigenvalue weighted by molar-refractivity contribution is 0.0952. The first-order valence-electron chi connectivity index (χ1n) is 12.0. The number of hydrogen-bond donors (Lipinski definition) is 1. The van der Waals surface area contributed by atoms with Gasteiger partial charge in [-0.15, -0.1) is 0 Å². The monoisotopic (exact) mass is 501 g/mol. The third-order valence-corrected chi connectivity index (χ3v) is 8.41. The molecule has 0 radical (unpaired) electrons. The number of aromatic nitrogens is 3. The van der Waals surface area contributed by atoms with Gasteiger partial charge in [-0.1, -0.05) is 13.0 Å². The fraction of sp³-hybridized carbons (Fsp3) is 0.259. The van der Waals surface area contributed by atoms with Crippen LogP contribution in [0.2, 0.25) is 0 Å². The molecule has 0 aliphatic carbocycles. The van der Waals surface area contributed by atoms with Gasteiger partial charge in [0.05, 0.1) is 33.9 Å². The minimum atomic E-state index is -3.68. The number of rotatable bonds is 6. The van der Waals surface area contributed by atoms with Gasteiger partial charge in [0, 0.05) is 42.6 Å². The molecule has 0 unspecified atom stereocenters. The van der Waals surface area contributed by atoms with Crippen LogP contribution in [0.3, 0.4) is 0 Å². The van der Waals surface area contributed by atoms with Gasteiger partial charge in [0.25, 0.3) is 5.91 Å². The van der Waals surface area contributed by atoms with Crippen molar-refractivity contribution in [2.45, 2.75) is 31.2 Å². The molecule has 1 saturated heterocycles. The third-order valence-electron chi connectivity index (χ3n) is 6.52. The van der Waals surface area contributed by atoms with Gasteiger partial charge in [0.2, 0.25) is 10.0 Å². The minimum Gasteiger partial charge on any atom is -0.346 e.